The second-order valence-electron chi connectivity index (χ2n) is 7.95. The van der Waals surface area contributed by atoms with Crippen molar-refractivity contribution in [3.05, 3.63) is 70.7 Å². The summed E-state index contributed by atoms with van der Waals surface area (Å²) in [6.07, 6.45) is 2.08. The van der Waals surface area contributed by atoms with Crippen LogP contribution in [0.15, 0.2) is 40.8 Å². The number of benzene rings is 2. The summed E-state index contributed by atoms with van der Waals surface area (Å²) < 4.78 is 20.6. The van der Waals surface area contributed by atoms with Gasteiger partial charge in [0.15, 0.2) is 0 Å². The minimum absolute atomic E-state index is 0.0245. The zero-order chi connectivity index (χ0) is 21.7. The molecule has 0 atom stereocenters. The summed E-state index contributed by atoms with van der Waals surface area (Å²) in [5.41, 5.74) is 3.01. The van der Waals surface area contributed by atoms with Crippen LogP contribution in [0.3, 0.4) is 0 Å². The van der Waals surface area contributed by atoms with Gasteiger partial charge in [-0.3, -0.25) is 4.79 Å². The lowest BCUT2D eigenvalue weighted by Crippen LogP contribution is -2.30. The quantitative estimate of drug-likeness (QED) is 0.544. The molecule has 1 aromatic heterocycles. The average Bonchev–Trinajstić information content (AvgIpc) is 3.50. The predicted octanol–water partition coefficient (Wildman–Crippen LogP) is 5.30. The van der Waals surface area contributed by atoms with Gasteiger partial charge in [0, 0.05) is 21.5 Å². The molecule has 2 heterocycles. The second kappa shape index (κ2) is 7.60. The molecule has 0 saturated heterocycles. The van der Waals surface area contributed by atoms with Gasteiger partial charge in [-0.2, -0.15) is 0 Å². The average molecular weight is 484 g/mol. The number of hydrogen-bond acceptors (Lipinski definition) is 5. The van der Waals surface area contributed by atoms with Gasteiger partial charge in [-0.05, 0) is 71.1 Å². The van der Waals surface area contributed by atoms with E-state index in [0.29, 0.717) is 50.1 Å². The highest BCUT2D eigenvalue weighted by atomic mass is 79.9. The van der Waals surface area contributed by atoms with Crippen molar-refractivity contribution in [1.82, 2.24) is 10.2 Å². The van der Waals surface area contributed by atoms with Crippen LogP contribution >= 0.6 is 15.9 Å². The van der Waals surface area contributed by atoms with Crippen molar-refractivity contribution < 1.29 is 18.7 Å². The van der Waals surface area contributed by atoms with E-state index < -0.39 is 0 Å². The maximum Gasteiger partial charge on any atom is 0.245 e. The molecule has 1 fully saturated rings. The first-order valence-electron chi connectivity index (χ1n) is 10.0. The van der Waals surface area contributed by atoms with Gasteiger partial charge in [0.05, 0.1) is 18.7 Å². The monoisotopic (exact) mass is 483 g/mol. The zero-order valence-corrected chi connectivity index (χ0v) is 18.3. The molecule has 0 unspecified atom stereocenters. The van der Waals surface area contributed by atoms with Crippen LogP contribution in [0.25, 0.3) is 10.1 Å². The Bertz CT molecular complexity index is 1230. The van der Waals surface area contributed by atoms with Crippen LogP contribution in [0, 0.1) is 12.7 Å². The molecule has 1 saturated carbocycles. The zero-order valence-electron chi connectivity index (χ0n) is 16.7. The first-order valence-corrected chi connectivity index (χ1v) is 10.8. The molecule has 3 aromatic rings. The predicted molar refractivity (Wildman–Crippen MR) is 117 cm³/mol. The van der Waals surface area contributed by atoms with Crippen molar-refractivity contribution in [1.29, 1.82) is 0 Å². The molecule has 0 spiro atoms. The molecule has 1 aliphatic heterocycles. The van der Waals surface area contributed by atoms with E-state index in [9.17, 15) is 14.3 Å². The van der Waals surface area contributed by atoms with Crippen LogP contribution in [0.5, 0.6) is 5.75 Å². The highest BCUT2D eigenvalue weighted by Crippen LogP contribution is 2.45. The molecule has 2 aliphatic rings. The lowest BCUT2D eigenvalue weighted by Gasteiger charge is -2.23. The number of fused-ring (bicyclic) bond motifs is 1. The Labute approximate surface area is 186 Å². The van der Waals surface area contributed by atoms with Crippen LogP contribution in [-0.4, -0.2) is 21.2 Å². The summed E-state index contributed by atoms with van der Waals surface area (Å²) in [4.78, 5) is 14.9. The normalized spacial score (nSPS) is 16.5. The number of anilines is 1. The van der Waals surface area contributed by atoms with E-state index in [1.807, 2.05) is 0 Å². The molecule has 8 heteroatoms. The van der Waals surface area contributed by atoms with Crippen molar-refractivity contribution in [3.8, 4) is 5.75 Å². The number of aromatic hydroxyl groups is 1. The first kappa shape index (κ1) is 19.9. The summed E-state index contributed by atoms with van der Waals surface area (Å²) in [5, 5.41) is 18.4. The number of phenolic OH excluding ortho intramolecular Hbond substituents is 1. The summed E-state index contributed by atoms with van der Waals surface area (Å²) in [5.74, 6) is 0.733. The molecule has 6 nitrogen and oxygen atoms in total. The Kier molecular flexibility index (Phi) is 4.89. The molecular formula is C23H19BrFN3O3. The number of carbonyl (C=O) groups excluding carboxylic acids is 1. The van der Waals surface area contributed by atoms with E-state index in [1.54, 1.807) is 36.1 Å². The van der Waals surface area contributed by atoms with Gasteiger partial charge in [-0.1, -0.05) is 12.1 Å². The number of hydrogen-bond donors (Lipinski definition) is 1. The summed E-state index contributed by atoms with van der Waals surface area (Å²) in [6, 6.07) is 9.73. The lowest BCUT2D eigenvalue weighted by atomic mass is 10.1. The summed E-state index contributed by atoms with van der Waals surface area (Å²) in [6.45, 7) is 1.89. The van der Waals surface area contributed by atoms with Crippen molar-refractivity contribution >= 4 is 37.6 Å². The molecule has 2 aromatic carbocycles. The van der Waals surface area contributed by atoms with Crippen molar-refractivity contribution in [3.63, 3.8) is 0 Å². The number of rotatable bonds is 4. The maximum atomic E-state index is 14.1. The van der Waals surface area contributed by atoms with Crippen molar-refractivity contribution in [2.45, 2.75) is 38.6 Å². The Morgan fingerprint density at radius 1 is 1.23 bits per heavy atom. The number of carbonyl (C=O) groups is 1. The molecule has 0 bridgehead atoms. The maximum absolute atomic E-state index is 14.1. The van der Waals surface area contributed by atoms with E-state index in [0.717, 1.165) is 12.8 Å². The Hall–Kier alpha value is -3.00. The molecule has 0 radical (unpaired) electrons. The molecule has 1 amide bonds. The third-order valence-corrected chi connectivity index (χ3v) is 6.51. The fourth-order valence-corrected chi connectivity index (χ4v) is 4.30. The number of aromatic nitrogens is 2. The smallest absolute Gasteiger partial charge is 0.245 e. The SMILES string of the molecule is Cc1ccc(CN2C(=O)CC(c3nnc(C4CC4)o3)=C(Br)c3cc(O)ccc32)cc1F. The van der Waals surface area contributed by atoms with Gasteiger partial charge < -0.3 is 14.4 Å². The number of halogens is 2. The minimum atomic E-state index is -0.316. The third-order valence-electron chi connectivity index (χ3n) is 5.60. The summed E-state index contributed by atoms with van der Waals surface area (Å²) >= 11 is 3.60. The Morgan fingerprint density at radius 3 is 2.77 bits per heavy atom. The van der Waals surface area contributed by atoms with Gasteiger partial charge in [0.2, 0.25) is 17.7 Å². The highest BCUT2D eigenvalue weighted by molar-refractivity contribution is 9.15. The van der Waals surface area contributed by atoms with Gasteiger partial charge in [0.25, 0.3) is 0 Å². The number of amides is 1. The van der Waals surface area contributed by atoms with Crippen molar-refractivity contribution in [2.24, 2.45) is 0 Å². The topological polar surface area (TPSA) is 79.5 Å². The van der Waals surface area contributed by atoms with Crippen LogP contribution < -0.4 is 4.90 Å². The van der Waals surface area contributed by atoms with Gasteiger partial charge in [-0.15, -0.1) is 10.2 Å². The fourth-order valence-electron chi connectivity index (χ4n) is 3.67. The standard InChI is InChI=1S/C23H19BrFN3O3/c1-12-2-3-13(8-18(12)25)11-28-19-7-6-15(29)9-16(19)21(24)17(10-20(28)30)23-27-26-22(31-23)14-4-5-14/h2-3,6-9,14,29H,4-5,10-11H2,1H3. The molecule has 31 heavy (non-hydrogen) atoms. The van der Waals surface area contributed by atoms with E-state index in [2.05, 4.69) is 26.1 Å². The van der Waals surface area contributed by atoms with E-state index in [4.69, 9.17) is 4.42 Å². The third kappa shape index (κ3) is 3.76. The molecule has 5 rings (SSSR count). The van der Waals surface area contributed by atoms with E-state index >= 15 is 0 Å². The highest BCUT2D eigenvalue weighted by Gasteiger charge is 2.33. The number of aryl methyl sites for hydroxylation is 1. The lowest BCUT2D eigenvalue weighted by molar-refractivity contribution is -0.117. The molecule has 158 valence electrons. The van der Waals surface area contributed by atoms with Gasteiger partial charge in [-0.25, -0.2) is 4.39 Å². The fraction of sp³-hybridized carbons (Fsp3) is 0.261. The van der Waals surface area contributed by atoms with Crippen LogP contribution in [0.4, 0.5) is 10.1 Å². The van der Waals surface area contributed by atoms with E-state index in [-0.39, 0.29) is 30.4 Å². The number of nitrogens with zero attached hydrogens (tertiary/aromatic N) is 3. The van der Waals surface area contributed by atoms with Gasteiger partial charge >= 0.3 is 0 Å². The van der Waals surface area contributed by atoms with Crippen molar-refractivity contribution in [2.75, 3.05) is 4.90 Å². The molecular weight excluding hydrogens is 465 g/mol. The van der Waals surface area contributed by atoms with E-state index in [1.165, 1.54) is 12.1 Å². The van der Waals surface area contributed by atoms with Gasteiger partial charge in [0.1, 0.15) is 11.6 Å². The largest absolute Gasteiger partial charge is 0.508 e. The van der Waals surface area contributed by atoms with Crippen LogP contribution in [0.2, 0.25) is 0 Å². The Balaban J connectivity index is 1.57. The Morgan fingerprint density at radius 2 is 2.03 bits per heavy atom. The second-order valence-corrected chi connectivity index (χ2v) is 8.75. The molecule has 1 aliphatic carbocycles. The first-order chi connectivity index (χ1) is 14.9. The minimum Gasteiger partial charge on any atom is -0.508 e. The van der Waals surface area contributed by atoms with Crippen LogP contribution in [0.1, 0.15) is 53.7 Å². The molecule has 1 N–H and O–H groups in total. The summed E-state index contributed by atoms with van der Waals surface area (Å²) in [7, 11) is 0. The number of phenols is 1. The van der Waals surface area contributed by atoms with Crippen LogP contribution in [-0.2, 0) is 11.3 Å².